The van der Waals surface area contributed by atoms with Gasteiger partial charge in [0.25, 0.3) is 0 Å². The van der Waals surface area contributed by atoms with Crippen molar-refractivity contribution >= 4 is 5.90 Å². The lowest BCUT2D eigenvalue weighted by molar-refractivity contribution is 0.285. The summed E-state index contributed by atoms with van der Waals surface area (Å²) < 4.78 is 5.71. The lowest BCUT2D eigenvalue weighted by Gasteiger charge is -2.29. The van der Waals surface area contributed by atoms with Gasteiger partial charge in [0.15, 0.2) is 0 Å². The molecule has 16 heavy (non-hydrogen) atoms. The molecule has 1 fully saturated rings. The molecule has 0 aromatic carbocycles. The third-order valence-corrected chi connectivity index (χ3v) is 3.44. The van der Waals surface area contributed by atoms with Crippen molar-refractivity contribution in [2.24, 2.45) is 4.99 Å². The van der Waals surface area contributed by atoms with Gasteiger partial charge < -0.3 is 4.74 Å². The van der Waals surface area contributed by atoms with Crippen LogP contribution in [0, 0.1) is 0 Å². The van der Waals surface area contributed by atoms with Crippen LogP contribution in [0.3, 0.4) is 0 Å². The van der Waals surface area contributed by atoms with E-state index in [0.717, 1.165) is 30.1 Å². The number of hydrogen-bond acceptors (Lipinski definition) is 2. The van der Waals surface area contributed by atoms with Crippen molar-refractivity contribution in [3.05, 3.63) is 36.6 Å². The summed E-state index contributed by atoms with van der Waals surface area (Å²) in [5, 5.41) is 0. The zero-order valence-corrected chi connectivity index (χ0v) is 9.96. The molecular formula is C14H19NO. The number of aliphatic imine (C=N–C) groups is 1. The van der Waals surface area contributed by atoms with E-state index in [9.17, 15) is 0 Å². The first-order valence-electron chi connectivity index (χ1n) is 5.95. The Balaban J connectivity index is 2.25. The van der Waals surface area contributed by atoms with Crippen molar-refractivity contribution in [1.29, 1.82) is 0 Å². The fourth-order valence-corrected chi connectivity index (χ4v) is 2.44. The summed E-state index contributed by atoms with van der Waals surface area (Å²) in [6.45, 7) is 9.72. The summed E-state index contributed by atoms with van der Waals surface area (Å²) in [6, 6.07) is 0. The van der Waals surface area contributed by atoms with Crippen LogP contribution in [0.4, 0.5) is 0 Å². The Morgan fingerprint density at radius 3 is 2.69 bits per heavy atom. The Labute approximate surface area is 97.4 Å². The third kappa shape index (κ3) is 1.84. The average Bonchev–Trinajstić information content (AvgIpc) is 2.58. The maximum Gasteiger partial charge on any atom is 0.218 e. The van der Waals surface area contributed by atoms with Crippen molar-refractivity contribution in [2.75, 3.05) is 0 Å². The maximum atomic E-state index is 5.71. The summed E-state index contributed by atoms with van der Waals surface area (Å²) in [5.74, 6) is 1.56. The largest absolute Gasteiger partial charge is 0.441 e. The Bertz CT molecular complexity index is 370. The number of ether oxygens (including phenoxy) is 1. The highest BCUT2D eigenvalue weighted by molar-refractivity contribution is 5.96. The predicted molar refractivity (Wildman–Crippen MR) is 67.4 cm³/mol. The van der Waals surface area contributed by atoms with Crippen LogP contribution in [0.1, 0.15) is 39.0 Å². The first-order chi connectivity index (χ1) is 7.68. The van der Waals surface area contributed by atoms with Gasteiger partial charge in [0.05, 0.1) is 0 Å². The van der Waals surface area contributed by atoms with Gasteiger partial charge in [0.2, 0.25) is 5.90 Å². The Kier molecular flexibility index (Phi) is 2.99. The van der Waals surface area contributed by atoms with E-state index < -0.39 is 0 Å². The van der Waals surface area contributed by atoms with Gasteiger partial charge in [-0.15, -0.1) is 0 Å². The first kappa shape index (κ1) is 11.2. The molecule has 2 rings (SSSR count). The number of allylic oxidation sites excluding steroid dienone is 2. The van der Waals surface area contributed by atoms with Crippen LogP contribution in [0.5, 0.6) is 0 Å². The van der Waals surface area contributed by atoms with Gasteiger partial charge >= 0.3 is 0 Å². The third-order valence-electron chi connectivity index (χ3n) is 3.44. The van der Waals surface area contributed by atoms with E-state index in [1.165, 1.54) is 19.3 Å². The van der Waals surface area contributed by atoms with E-state index in [1.807, 2.05) is 13.0 Å². The van der Waals surface area contributed by atoms with Gasteiger partial charge in [-0.05, 0) is 19.8 Å². The van der Waals surface area contributed by atoms with Gasteiger partial charge in [-0.2, -0.15) is 0 Å². The normalized spacial score (nSPS) is 24.2. The van der Waals surface area contributed by atoms with Crippen LogP contribution < -0.4 is 0 Å². The molecule has 0 N–H and O–H groups in total. The Morgan fingerprint density at radius 1 is 1.38 bits per heavy atom. The molecule has 86 valence electrons. The SMILES string of the molecule is C=C/C=C(\C)C1=NC2(CCCCC2)C(=C)O1. The second kappa shape index (κ2) is 4.28. The zero-order valence-electron chi connectivity index (χ0n) is 9.96. The summed E-state index contributed by atoms with van der Waals surface area (Å²) in [4.78, 5) is 4.76. The van der Waals surface area contributed by atoms with E-state index >= 15 is 0 Å². The van der Waals surface area contributed by atoms with E-state index in [4.69, 9.17) is 9.73 Å². The van der Waals surface area contributed by atoms with Crippen molar-refractivity contribution in [1.82, 2.24) is 0 Å². The maximum absolute atomic E-state index is 5.71. The highest BCUT2D eigenvalue weighted by atomic mass is 16.5. The van der Waals surface area contributed by atoms with Gasteiger partial charge in [-0.25, -0.2) is 4.99 Å². The molecule has 1 aliphatic heterocycles. The van der Waals surface area contributed by atoms with Crippen LogP contribution in [-0.4, -0.2) is 11.4 Å². The molecule has 0 aromatic heterocycles. The molecule has 0 amide bonds. The van der Waals surface area contributed by atoms with Crippen LogP contribution in [-0.2, 0) is 4.74 Å². The second-order valence-corrected chi connectivity index (χ2v) is 4.62. The number of rotatable bonds is 2. The molecule has 0 atom stereocenters. The van der Waals surface area contributed by atoms with Crippen molar-refractivity contribution < 1.29 is 4.74 Å². The average molecular weight is 217 g/mol. The molecule has 1 aliphatic carbocycles. The molecule has 0 saturated heterocycles. The lowest BCUT2D eigenvalue weighted by atomic mass is 9.81. The zero-order chi connectivity index (χ0) is 11.6. The fraction of sp³-hybridized carbons (Fsp3) is 0.500. The minimum absolute atomic E-state index is 0.121. The van der Waals surface area contributed by atoms with E-state index in [0.29, 0.717) is 0 Å². The summed E-state index contributed by atoms with van der Waals surface area (Å²) in [5.41, 5.74) is 0.905. The van der Waals surface area contributed by atoms with Gasteiger partial charge in [0, 0.05) is 5.57 Å². The van der Waals surface area contributed by atoms with Gasteiger partial charge in [-0.1, -0.05) is 44.6 Å². The molecule has 0 bridgehead atoms. The van der Waals surface area contributed by atoms with Gasteiger partial charge in [-0.3, -0.25) is 0 Å². The molecular weight excluding hydrogens is 198 g/mol. The molecule has 1 heterocycles. The Hall–Kier alpha value is -1.31. The van der Waals surface area contributed by atoms with Crippen molar-refractivity contribution in [2.45, 2.75) is 44.6 Å². The standard InChI is InChI=1S/C14H19NO/c1-4-8-11(2)13-15-14(12(3)16-13)9-6-5-7-10-14/h4,8H,1,3,5-7,9-10H2,2H3/b11-8+. The predicted octanol–water partition coefficient (Wildman–Crippen LogP) is 3.76. The highest BCUT2D eigenvalue weighted by Gasteiger charge is 2.41. The molecule has 2 heteroatoms. The van der Waals surface area contributed by atoms with Crippen molar-refractivity contribution in [3.8, 4) is 0 Å². The topological polar surface area (TPSA) is 21.6 Å². The minimum Gasteiger partial charge on any atom is -0.441 e. The summed E-state index contributed by atoms with van der Waals surface area (Å²) >= 11 is 0. The minimum atomic E-state index is -0.121. The summed E-state index contributed by atoms with van der Waals surface area (Å²) in [6.07, 6.45) is 9.60. The van der Waals surface area contributed by atoms with E-state index in [2.05, 4.69) is 13.2 Å². The smallest absolute Gasteiger partial charge is 0.218 e. The number of nitrogens with zero attached hydrogens (tertiary/aromatic N) is 1. The Morgan fingerprint density at radius 2 is 2.06 bits per heavy atom. The monoisotopic (exact) mass is 217 g/mol. The molecule has 2 aliphatic rings. The molecule has 0 unspecified atom stereocenters. The number of hydrogen-bond donors (Lipinski definition) is 0. The van der Waals surface area contributed by atoms with Crippen LogP contribution in [0.2, 0.25) is 0 Å². The van der Waals surface area contributed by atoms with Crippen molar-refractivity contribution in [3.63, 3.8) is 0 Å². The molecule has 0 radical (unpaired) electrons. The quantitative estimate of drug-likeness (QED) is 0.645. The lowest BCUT2D eigenvalue weighted by Crippen LogP contribution is -2.28. The molecule has 2 nitrogen and oxygen atoms in total. The van der Waals surface area contributed by atoms with Crippen LogP contribution in [0.15, 0.2) is 41.6 Å². The highest BCUT2D eigenvalue weighted by Crippen LogP contribution is 2.42. The van der Waals surface area contributed by atoms with Crippen LogP contribution >= 0.6 is 0 Å². The van der Waals surface area contributed by atoms with Crippen LogP contribution in [0.25, 0.3) is 0 Å². The molecule has 1 saturated carbocycles. The fourth-order valence-electron chi connectivity index (χ4n) is 2.44. The van der Waals surface area contributed by atoms with E-state index in [1.54, 1.807) is 6.08 Å². The first-order valence-corrected chi connectivity index (χ1v) is 5.95. The van der Waals surface area contributed by atoms with Gasteiger partial charge in [0.1, 0.15) is 11.3 Å². The second-order valence-electron chi connectivity index (χ2n) is 4.62. The molecule has 1 spiro atoms. The van der Waals surface area contributed by atoms with E-state index in [-0.39, 0.29) is 5.54 Å². The molecule has 0 aromatic rings. The summed E-state index contributed by atoms with van der Waals surface area (Å²) in [7, 11) is 0.